The summed E-state index contributed by atoms with van der Waals surface area (Å²) in [5.41, 5.74) is 5.97. The zero-order valence-corrected chi connectivity index (χ0v) is 17.0. The maximum atomic E-state index is 12.7. The predicted molar refractivity (Wildman–Crippen MR) is 116 cm³/mol. The minimum absolute atomic E-state index is 0.0797. The molecule has 1 aliphatic heterocycles. The first-order valence-corrected chi connectivity index (χ1v) is 10.2. The van der Waals surface area contributed by atoms with E-state index in [0.717, 1.165) is 37.2 Å². The Kier molecular flexibility index (Phi) is 5.23. The number of para-hydroxylation sites is 2. The van der Waals surface area contributed by atoms with Crippen LogP contribution in [0.4, 0.5) is 5.69 Å². The van der Waals surface area contributed by atoms with E-state index in [1.165, 1.54) is 22.2 Å². The van der Waals surface area contributed by atoms with E-state index >= 15 is 0 Å². The number of H-pyrrole nitrogens is 1. The fraction of sp³-hybridized carbons (Fsp3) is 0.375. The Labute approximate surface area is 166 Å². The average Bonchev–Trinajstić information content (AvgIpc) is 3.05. The Balaban J connectivity index is 1.41. The van der Waals surface area contributed by atoms with Crippen LogP contribution in [0.3, 0.4) is 0 Å². The number of amides is 1. The summed E-state index contributed by atoms with van der Waals surface area (Å²) in [6.07, 6.45) is 2.18. The molecule has 1 aliphatic rings. The molecule has 2 N–H and O–H groups in total. The van der Waals surface area contributed by atoms with E-state index < -0.39 is 0 Å². The van der Waals surface area contributed by atoms with Crippen LogP contribution in [-0.2, 0) is 4.79 Å². The van der Waals surface area contributed by atoms with Crippen molar-refractivity contribution in [2.45, 2.75) is 45.6 Å². The van der Waals surface area contributed by atoms with Crippen molar-refractivity contribution in [3.63, 3.8) is 0 Å². The molecule has 4 rings (SSSR count). The molecule has 0 spiro atoms. The molecule has 4 nitrogen and oxygen atoms in total. The molecular weight excluding hydrogens is 346 g/mol. The van der Waals surface area contributed by atoms with Gasteiger partial charge in [-0.15, -0.1) is 0 Å². The molecule has 3 aromatic rings. The van der Waals surface area contributed by atoms with Crippen LogP contribution in [0.1, 0.15) is 42.5 Å². The third-order valence-electron chi connectivity index (χ3n) is 6.21. The van der Waals surface area contributed by atoms with Crippen LogP contribution in [0, 0.1) is 13.8 Å². The fourth-order valence-electron chi connectivity index (χ4n) is 4.52. The van der Waals surface area contributed by atoms with Crippen molar-refractivity contribution in [2.75, 3.05) is 18.4 Å². The van der Waals surface area contributed by atoms with Crippen LogP contribution >= 0.6 is 0 Å². The summed E-state index contributed by atoms with van der Waals surface area (Å²) in [6.45, 7) is 8.12. The van der Waals surface area contributed by atoms with Crippen LogP contribution in [0.5, 0.6) is 0 Å². The second kappa shape index (κ2) is 7.80. The maximum absolute atomic E-state index is 12.7. The van der Waals surface area contributed by atoms with Gasteiger partial charge in [-0.2, -0.15) is 0 Å². The number of rotatable bonds is 4. The number of aromatic amines is 1. The molecule has 1 fully saturated rings. The molecule has 146 valence electrons. The van der Waals surface area contributed by atoms with Crippen molar-refractivity contribution in [1.29, 1.82) is 0 Å². The Morgan fingerprint density at radius 2 is 1.75 bits per heavy atom. The van der Waals surface area contributed by atoms with Crippen molar-refractivity contribution in [2.24, 2.45) is 0 Å². The molecule has 1 atom stereocenters. The van der Waals surface area contributed by atoms with Crippen molar-refractivity contribution in [3.05, 3.63) is 65.4 Å². The van der Waals surface area contributed by atoms with Gasteiger partial charge in [0.05, 0.1) is 6.04 Å². The zero-order chi connectivity index (χ0) is 19.7. The minimum Gasteiger partial charge on any atom is -0.358 e. The lowest BCUT2D eigenvalue weighted by atomic mass is 9.87. The Bertz CT molecular complexity index is 982. The predicted octanol–water partition coefficient (Wildman–Crippen LogP) is 4.99. The summed E-state index contributed by atoms with van der Waals surface area (Å²) in [4.78, 5) is 18.6. The van der Waals surface area contributed by atoms with Crippen molar-refractivity contribution < 1.29 is 4.79 Å². The monoisotopic (exact) mass is 375 g/mol. The molecule has 1 aromatic heterocycles. The molecule has 0 radical (unpaired) electrons. The first kappa shape index (κ1) is 18.8. The van der Waals surface area contributed by atoms with Crippen molar-refractivity contribution in [3.8, 4) is 0 Å². The molecule has 4 heteroatoms. The number of fused-ring (bicyclic) bond motifs is 1. The third kappa shape index (κ3) is 3.57. The number of likely N-dealkylation sites (tertiary alicyclic amines) is 1. The number of carbonyl (C=O) groups is 1. The van der Waals surface area contributed by atoms with E-state index in [4.69, 9.17) is 0 Å². The number of nitrogens with zero attached hydrogens (tertiary/aromatic N) is 1. The van der Waals surface area contributed by atoms with E-state index in [0.29, 0.717) is 5.92 Å². The van der Waals surface area contributed by atoms with Gasteiger partial charge in [-0.25, -0.2) is 0 Å². The van der Waals surface area contributed by atoms with E-state index in [2.05, 4.69) is 46.4 Å². The lowest BCUT2D eigenvalue weighted by Crippen LogP contribution is -2.45. The number of carbonyl (C=O) groups excluding carboxylic acids is 1. The van der Waals surface area contributed by atoms with Gasteiger partial charge in [-0.05, 0) is 75.9 Å². The van der Waals surface area contributed by atoms with E-state index in [1.807, 2.05) is 38.1 Å². The molecule has 28 heavy (non-hydrogen) atoms. The number of piperidine rings is 1. The standard InChI is InChI=1S/C24H29N3O/c1-16-8-4-6-10-21(16)26-24(28)18(3)27-14-12-19(13-15-27)23-17(2)25-22-11-7-5-9-20(22)23/h4-11,18-19,25H,12-15H2,1-3H3,(H,26,28). The summed E-state index contributed by atoms with van der Waals surface area (Å²) < 4.78 is 0. The van der Waals surface area contributed by atoms with Crippen LogP contribution in [0.2, 0.25) is 0 Å². The average molecular weight is 376 g/mol. The van der Waals surface area contributed by atoms with Gasteiger partial charge in [0.2, 0.25) is 5.91 Å². The number of aromatic nitrogens is 1. The Morgan fingerprint density at radius 1 is 1.07 bits per heavy atom. The molecule has 2 heterocycles. The smallest absolute Gasteiger partial charge is 0.241 e. The number of nitrogens with one attached hydrogen (secondary N) is 2. The summed E-state index contributed by atoms with van der Waals surface area (Å²) >= 11 is 0. The van der Waals surface area contributed by atoms with Crippen LogP contribution in [0.25, 0.3) is 10.9 Å². The highest BCUT2D eigenvalue weighted by atomic mass is 16.2. The van der Waals surface area contributed by atoms with Gasteiger partial charge < -0.3 is 10.3 Å². The highest BCUT2D eigenvalue weighted by molar-refractivity contribution is 5.95. The van der Waals surface area contributed by atoms with Crippen molar-refractivity contribution in [1.82, 2.24) is 9.88 Å². The topological polar surface area (TPSA) is 48.1 Å². The van der Waals surface area contributed by atoms with E-state index in [-0.39, 0.29) is 11.9 Å². The van der Waals surface area contributed by atoms with Crippen LogP contribution < -0.4 is 5.32 Å². The van der Waals surface area contributed by atoms with Gasteiger partial charge in [-0.1, -0.05) is 36.4 Å². The normalized spacial score (nSPS) is 17.0. The molecule has 2 aromatic carbocycles. The lowest BCUT2D eigenvalue weighted by Gasteiger charge is -2.35. The van der Waals surface area contributed by atoms with Gasteiger partial charge in [0.25, 0.3) is 0 Å². The first-order valence-electron chi connectivity index (χ1n) is 10.2. The van der Waals surface area contributed by atoms with Gasteiger partial charge >= 0.3 is 0 Å². The van der Waals surface area contributed by atoms with Crippen LogP contribution in [0.15, 0.2) is 48.5 Å². The summed E-state index contributed by atoms with van der Waals surface area (Å²) in [7, 11) is 0. The summed E-state index contributed by atoms with van der Waals surface area (Å²) in [6, 6.07) is 16.4. The molecule has 0 bridgehead atoms. The van der Waals surface area contributed by atoms with Crippen molar-refractivity contribution >= 4 is 22.5 Å². The van der Waals surface area contributed by atoms with Gasteiger partial charge in [0.15, 0.2) is 0 Å². The number of aryl methyl sites for hydroxylation is 2. The number of benzene rings is 2. The quantitative estimate of drug-likeness (QED) is 0.675. The second-order valence-corrected chi connectivity index (χ2v) is 8.00. The van der Waals surface area contributed by atoms with Gasteiger partial charge in [0, 0.05) is 22.3 Å². The third-order valence-corrected chi connectivity index (χ3v) is 6.21. The highest BCUT2D eigenvalue weighted by Gasteiger charge is 2.29. The molecular formula is C24H29N3O. The molecule has 0 saturated carbocycles. The zero-order valence-electron chi connectivity index (χ0n) is 17.0. The summed E-state index contributed by atoms with van der Waals surface area (Å²) in [5.74, 6) is 0.634. The SMILES string of the molecule is Cc1ccccc1NC(=O)C(C)N1CCC(c2c(C)[nH]c3ccccc23)CC1. The Morgan fingerprint density at radius 3 is 2.50 bits per heavy atom. The Hall–Kier alpha value is -2.59. The van der Waals surface area contributed by atoms with Crippen LogP contribution in [-0.4, -0.2) is 34.9 Å². The molecule has 1 amide bonds. The summed E-state index contributed by atoms with van der Waals surface area (Å²) in [5, 5.41) is 4.44. The second-order valence-electron chi connectivity index (χ2n) is 8.00. The fourth-order valence-corrected chi connectivity index (χ4v) is 4.52. The minimum atomic E-state index is -0.121. The number of hydrogen-bond acceptors (Lipinski definition) is 2. The molecule has 1 unspecified atom stereocenters. The maximum Gasteiger partial charge on any atom is 0.241 e. The lowest BCUT2D eigenvalue weighted by molar-refractivity contribution is -0.121. The largest absolute Gasteiger partial charge is 0.358 e. The van der Waals surface area contributed by atoms with Gasteiger partial charge in [-0.3, -0.25) is 9.69 Å². The highest BCUT2D eigenvalue weighted by Crippen LogP contribution is 2.36. The van der Waals surface area contributed by atoms with E-state index in [1.54, 1.807) is 0 Å². The number of anilines is 1. The number of hydrogen-bond donors (Lipinski definition) is 2. The molecule has 1 saturated heterocycles. The van der Waals surface area contributed by atoms with Gasteiger partial charge in [0.1, 0.15) is 0 Å². The first-order chi connectivity index (χ1) is 13.5. The molecule has 0 aliphatic carbocycles. The van der Waals surface area contributed by atoms with E-state index in [9.17, 15) is 4.79 Å².